The molecule has 3 amide bonds. The maximum absolute atomic E-state index is 13.3. The van der Waals surface area contributed by atoms with Gasteiger partial charge in [-0.15, -0.1) is 11.3 Å². The monoisotopic (exact) mass is 292 g/mol. The van der Waals surface area contributed by atoms with Crippen LogP contribution in [0.5, 0.6) is 0 Å². The lowest BCUT2D eigenvalue weighted by atomic mass is 10.1. The molecule has 0 aliphatic heterocycles. The zero-order valence-corrected chi connectivity index (χ0v) is 11.4. The van der Waals surface area contributed by atoms with E-state index in [2.05, 4.69) is 10.6 Å². The Morgan fingerprint density at radius 1 is 1.15 bits per heavy atom. The molecule has 2 aromatic rings. The predicted molar refractivity (Wildman–Crippen MR) is 75.3 cm³/mol. The number of imide groups is 1. The summed E-state index contributed by atoms with van der Waals surface area (Å²) in [7, 11) is 0. The summed E-state index contributed by atoms with van der Waals surface area (Å²) in [6.07, 6.45) is 0.368. The molecular formula is C14H13FN2O2S. The lowest BCUT2D eigenvalue weighted by Crippen LogP contribution is -2.40. The number of benzene rings is 1. The van der Waals surface area contributed by atoms with E-state index in [4.69, 9.17) is 0 Å². The van der Waals surface area contributed by atoms with Gasteiger partial charge in [0.25, 0.3) is 5.91 Å². The summed E-state index contributed by atoms with van der Waals surface area (Å²) in [6.45, 7) is 0.254. The zero-order valence-electron chi connectivity index (χ0n) is 10.6. The molecule has 0 spiro atoms. The van der Waals surface area contributed by atoms with E-state index < -0.39 is 11.9 Å². The second kappa shape index (κ2) is 6.81. The molecule has 0 atom stereocenters. The van der Waals surface area contributed by atoms with Gasteiger partial charge in [0.05, 0.1) is 4.88 Å². The van der Waals surface area contributed by atoms with Crippen LogP contribution < -0.4 is 10.6 Å². The number of hydrogen-bond acceptors (Lipinski definition) is 3. The molecule has 2 N–H and O–H groups in total. The first-order valence-electron chi connectivity index (χ1n) is 6.03. The fraction of sp³-hybridized carbons (Fsp3) is 0.143. The minimum Gasteiger partial charge on any atom is -0.337 e. The van der Waals surface area contributed by atoms with Crippen molar-refractivity contribution in [3.05, 3.63) is 58.0 Å². The van der Waals surface area contributed by atoms with E-state index in [1.165, 1.54) is 17.4 Å². The fourth-order valence-electron chi connectivity index (χ4n) is 1.63. The summed E-state index contributed by atoms with van der Waals surface area (Å²) in [6, 6.07) is 9.15. The average Bonchev–Trinajstić information content (AvgIpc) is 2.95. The van der Waals surface area contributed by atoms with Gasteiger partial charge in [-0.2, -0.15) is 0 Å². The van der Waals surface area contributed by atoms with Crippen molar-refractivity contribution in [3.8, 4) is 0 Å². The van der Waals surface area contributed by atoms with Gasteiger partial charge >= 0.3 is 6.03 Å². The van der Waals surface area contributed by atoms with Crippen molar-refractivity contribution >= 4 is 23.3 Å². The van der Waals surface area contributed by atoms with Crippen LogP contribution in [-0.4, -0.2) is 18.5 Å². The Morgan fingerprint density at radius 3 is 2.65 bits per heavy atom. The van der Waals surface area contributed by atoms with E-state index in [1.807, 2.05) is 0 Å². The van der Waals surface area contributed by atoms with Crippen LogP contribution in [0.4, 0.5) is 9.18 Å². The number of urea groups is 1. The van der Waals surface area contributed by atoms with E-state index in [0.717, 1.165) is 0 Å². The van der Waals surface area contributed by atoms with Crippen molar-refractivity contribution in [1.82, 2.24) is 10.6 Å². The molecule has 6 heteroatoms. The van der Waals surface area contributed by atoms with Crippen LogP contribution in [0.2, 0.25) is 0 Å². The minimum atomic E-state index is -0.584. The second-order valence-corrected chi connectivity index (χ2v) is 4.98. The lowest BCUT2D eigenvalue weighted by molar-refractivity contribution is 0.0968. The van der Waals surface area contributed by atoms with Crippen molar-refractivity contribution in [2.75, 3.05) is 6.54 Å². The van der Waals surface area contributed by atoms with E-state index in [9.17, 15) is 14.0 Å². The van der Waals surface area contributed by atoms with Crippen LogP contribution in [0.3, 0.4) is 0 Å². The second-order valence-electron chi connectivity index (χ2n) is 4.03. The molecule has 0 aliphatic rings. The van der Waals surface area contributed by atoms with Crippen LogP contribution in [0.25, 0.3) is 0 Å². The van der Waals surface area contributed by atoms with Crippen molar-refractivity contribution in [3.63, 3.8) is 0 Å². The zero-order chi connectivity index (χ0) is 14.4. The quantitative estimate of drug-likeness (QED) is 0.910. The summed E-state index contributed by atoms with van der Waals surface area (Å²) in [5.41, 5.74) is 0.525. The van der Waals surface area contributed by atoms with Crippen molar-refractivity contribution in [2.45, 2.75) is 6.42 Å². The smallest absolute Gasteiger partial charge is 0.321 e. The van der Waals surface area contributed by atoms with E-state index in [-0.39, 0.29) is 12.4 Å². The van der Waals surface area contributed by atoms with Gasteiger partial charge < -0.3 is 5.32 Å². The molecule has 1 aromatic heterocycles. The number of halogens is 1. The Bertz CT molecular complexity index is 599. The highest BCUT2D eigenvalue weighted by Crippen LogP contribution is 2.08. The van der Waals surface area contributed by atoms with Crippen LogP contribution in [-0.2, 0) is 6.42 Å². The van der Waals surface area contributed by atoms with Crippen LogP contribution in [0.1, 0.15) is 15.2 Å². The van der Waals surface area contributed by atoms with Gasteiger partial charge in [-0.05, 0) is 29.5 Å². The normalized spacial score (nSPS) is 10.1. The first-order chi connectivity index (χ1) is 9.66. The summed E-state index contributed by atoms with van der Waals surface area (Å²) in [5.74, 6) is -0.743. The maximum Gasteiger partial charge on any atom is 0.321 e. The summed E-state index contributed by atoms with van der Waals surface area (Å²) in [5, 5.41) is 6.48. The van der Waals surface area contributed by atoms with Crippen molar-refractivity contribution in [1.29, 1.82) is 0 Å². The molecular weight excluding hydrogens is 279 g/mol. The lowest BCUT2D eigenvalue weighted by Gasteiger charge is -2.06. The van der Waals surface area contributed by atoms with Gasteiger partial charge in [0, 0.05) is 6.54 Å². The van der Waals surface area contributed by atoms with Gasteiger partial charge in [0.15, 0.2) is 0 Å². The number of carbonyl (C=O) groups excluding carboxylic acids is 2. The maximum atomic E-state index is 13.3. The number of nitrogens with one attached hydrogen (secondary N) is 2. The molecule has 1 aromatic carbocycles. The van der Waals surface area contributed by atoms with Gasteiger partial charge in [0.2, 0.25) is 0 Å². The van der Waals surface area contributed by atoms with Crippen LogP contribution >= 0.6 is 11.3 Å². The van der Waals surface area contributed by atoms with E-state index in [0.29, 0.717) is 16.9 Å². The Morgan fingerprint density at radius 2 is 1.95 bits per heavy atom. The molecule has 20 heavy (non-hydrogen) atoms. The van der Waals surface area contributed by atoms with Crippen LogP contribution in [0, 0.1) is 5.82 Å². The number of amides is 3. The number of rotatable bonds is 4. The first-order valence-corrected chi connectivity index (χ1v) is 6.91. The van der Waals surface area contributed by atoms with Crippen molar-refractivity contribution in [2.24, 2.45) is 0 Å². The minimum absolute atomic E-state index is 0.254. The molecule has 1 heterocycles. The molecule has 0 bridgehead atoms. The Hall–Kier alpha value is -2.21. The molecule has 0 fully saturated rings. The number of thiophene rings is 1. The van der Waals surface area contributed by atoms with Gasteiger partial charge in [0.1, 0.15) is 5.82 Å². The van der Waals surface area contributed by atoms with Crippen LogP contribution in [0.15, 0.2) is 41.8 Å². The Kier molecular flexibility index (Phi) is 4.84. The van der Waals surface area contributed by atoms with Gasteiger partial charge in [-0.3, -0.25) is 10.1 Å². The topological polar surface area (TPSA) is 58.2 Å². The summed E-state index contributed by atoms with van der Waals surface area (Å²) < 4.78 is 13.3. The molecule has 0 saturated heterocycles. The van der Waals surface area contributed by atoms with E-state index >= 15 is 0 Å². The summed E-state index contributed by atoms with van der Waals surface area (Å²) in [4.78, 5) is 23.5. The number of carbonyl (C=O) groups is 2. The van der Waals surface area contributed by atoms with Gasteiger partial charge in [-0.1, -0.05) is 24.3 Å². The first kappa shape index (κ1) is 14.2. The molecule has 0 saturated carbocycles. The Balaban J connectivity index is 1.76. The predicted octanol–water partition coefficient (Wildman–Crippen LogP) is 2.57. The highest BCUT2D eigenvalue weighted by molar-refractivity contribution is 7.12. The average molecular weight is 292 g/mol. The molecule has 4 nitrogen and oxygen atoms in total. The highest BCUT2D eigenvalue weighted by Gasteiger charge is 2.10. The third kappa shape index (κ3) is 3.89. The van der Waals surface area contributed by atoms with E-state index in [1.54, 1.807) is 35.7 Å². The SMILES string of the molecule is O=C(NCCc1ccccc1F)NC(=O)c1cccs1. The molecule has 0 unspecified atom stereocenters. The number of hydrogen-bond donors (Lipinski definition) is 2. The molecule has 2 rings (SSSR count). The Labute approximate surface area is 119 Å². The molecule has 0 aliphatic carbocycles. The fourth-order valence-corrected chi connectivity index (χ4v) is 2.25. The molecule has 104 valence electrons. The third-order valence-electron chi connectivity index (χ3n) is 2.61. The standard InChI is InChI=1S/C14H13FN2O2S/c15-11-5-2-1-4-10(11)7-8-16-14(19)17-13(18)12-6-3-9-20-12/h1-6,9H,7-8H2,(H2,16,17,18,19). The third-order valence-corrected chi connectivity index (χ3v) is 3.48. The largest absolute Gasteiger partial charge is 0.337 e. The highest BCUT2D eigenvalue weighted by atomic mass is 32.1. The van der Waals surface area contributed by atoms with Crippen molar-refractivity contribution < 1.29 is 14.0 Å². The summed E-state index contributed by atoms with van der Waals surface area (Å²) >= 11 is 1.25. The molecule has 0 radical (unpaired) electrons. The van der Waals surface area contributed by atoms with Gasteiger partial charge in [-0.25, -0.2) is 9.18 Å².